The average molecular weight is 512 g/mol. The second kappa shape index (κ2) is 8.75. The third-order valence-corrected chi connectivity index (χ3v) is 7.35. The SMILES string of the molecule is Cc1ccc(Sc2cn3scc[n+]3c2C=C2C(=O)NC(=S)N(c3ccc(Cl)cc3)C2=O)cc1. The number of rotatable bonds is 4. The van der Waals surface area contributed by atoms with Crippen molar-refractivity contribution in [2.75, 3.05) is 4.90 Å². The Labute approximate surface area is 208 Å². The number of thiocarbonyl (C=S) groups is 1. The highest BCUT2D eigenvalue weighted by Gasteiger charge is 2.36. The molecule has 1 aliphatic rings. The molecule has 2 aromatic heterocycles. The summed E-state index contributed by atoms with van der Waals surface area (Å²) in [6.45, 7) is 2.04. The predicted molar refractivity (Wildman–Crippen MR) is 134 cm³/mol. The molecule has 0 unspecified atom stereocenters. The number of hydrogen-bond donors (Lipinski definition) is 1. The smallest absolute Gasteiger partial charge is 0.270 e. The fraction of sp³-hybridized carbons (Fsp3) is 0.0435. The molecule has 1 aliphatic heterocycles. The van der Waals surface area contributed by atoms with Crippen LogP contribution in [0.4, 0.5) is 5.69 Å². The Balaban J connectivity index is 1.57. The van der Waals surface area contributed by atoms with Gasteiger partial charge in [0.2, 0.25) is 6.20 Å². The van der Waals surface area contributed by atoms with E-state index in [0.717, 1.165) is 15.5 Å². The molecule has 5 rings (SSSR count). The number of fused-ring (bicyclic) bond motifs is 1. The van der Waals surface area contributed by atoms with Gasteiger partial charge in [-0.15, -0.1) is 0 Å². The van der Waals surface area contributed by atoms with Gasteiger partial charge < -0.3 is 0 Å². The van der Waals surface area contributed by atoms with E-state index in [2.05, 4.69) is 17.4 Å². The van der Waals surface area contributed by atoms with E-state index in [-0.39, 0.29) is 10.7 Å². The monoisotopic (exact) mass is 511 g/mol. The molecule has 0 radical (unpaired) electrons. The first-order chi connectivity index (χ1) is 15.9. The number of amides is 2. The highest BCUT2D eigenvalue weighted by atomic mass is 35.5. The lowest BCUT2D eigenvalue weighted by Gasteiger charge is -2.28. The van der Waals surface area contributed by atoms with E-state index in [0.29, 0.717) is 10.7 Å². The van der Waals surface area contributed by atoms with E-state index in [9.17, 15) is 9.59 Å². The Bertz CT molecular complexity index is 1440. The molecule has 0 atom stereocenters. The Hall–Kier alpha value is -2.98. The minimum absolute atomic E-state index is 0.00361. The van der Waals surface area contributed by atoms with Gasteiger partial charge in [0, 0.05) is 27.5 Å². The lowest BCUT2D eigenvalue weighted by atomic mass is 10.1. The summed E-state index contributed by atoms with van der Waals surface area (Å²) in [5.74, 6) is -1.02. The van der Waals surface area contributed by atoms with Crippen LogP contribution in [0.3, 0.4) is 0 Å². The van der Waals surface area contributed by atoms with Crippen molar-refractivity contribution in [1.82, 2.24) is 9.22 Å². The van der Waals surface area contributed by atoms with E-state index < -0.39 is 11.8 Å². The van der Waals surface area contributed by atoms with Crippen LogP contribution in [0.1, 0.15) is 11.3 Å². The Morgan fingerprint density at radius 2 is 1.85 bits per heavy atom. The zero-order valence-electron chi connectivity index (χ0n) is 17.2. The normalized spacial score (nSPS) is 15.5. The largest absolute Gasteiger partial charge is 0.298 e. The number of carbonyl (C=O) groups is 2. The summed E-state index contributed by atoms with van der Waals surface area (Å²) in [7, 11) is 0. The van der Waals surface area contributed by atoms with Gasteiger partial charge in [0.05, 0.1) is 11.1 Å². The van der Waals surface area contributed by atoms with Gasteiger partial charge in [-0.05, 0) is 55.5 Å². The summed E-state index contributed by atoms with van der Waals surface area (Å²) in [4.78, 5) is 29.5. The minimum atomic E-state index is -0.531. The molecule has 0 spiro atoms. The third-order valence-electron chi connectivity index (χ3n) is 5.03. The fourth-order valence-electron chi connectivity index (χ4n) is 3.39. The Kier molecular flexibility index (Phi) is 5.79. The van der Waals surface area contributed by atoms with Gasteiger partial charge in [-0.3, -0.25) is 19.8 Å². The molecule has 10 heteroatoms. The van der Waals surface area contributed by atoms with Gasteiger partial charge in [0.1, 0.15) is 16.7 Å². The third kappa shape index (κ3) is 4.20. The molecule has 1 fully saturated rings. The quantitative estimate of drug-likeness (QED) is 0.189. The van der Waals surface area contributed by atoms with E-state index in [1.54, 1.807) is 42.1 Å². The van der Waals surface area contributed by atoms with Crippen LogP contribution in [0.5, 0.6) is 0 Å². The van der Waals surface area contributed by atoms with Gasteiger partial charge in [-0.25, -0.2) is 0 Å². The van der Waals surface area contributed by atoms with E-state index in [4.69, 9.17) is 23.8 Å². The Morgan fingerprint density at radius 1 is 1.12 bits per heavy atom. The van der Waals surface area contributed by atoms with Crippen LogP contribution >= 0.6 is 47.1 Å². The van der Waals surface area contributed by atoms with E-state index in [1.165, 1.54) is 22.0 Å². The molecule has 4 aromatic rings. The number of hydrogen-bond acceptors (Lipinski definition) is 5. The number of nitrogens with one attached hydrogen (secondary N) is 1. The number of halogens is 1. The molecule has 6 nitrogen and oxygen atoms in total. The first-order valence-electron chi connectivity index (χ1n) is 9.83. The summed E-state index contributed by atoms with van der Waals surface area (Å²) in [6, 6.07) is 14.9. The summed E-state index contributed by atoms with van der Waals surface area (Å²) in [6.07, 6.45) is 5.49. The first kappa shape index (κ1) is 21.8. The van der Waals surface area contributed by atoms with Crippen molar-refractivity contribution < 1.29 is 14.1 Å². The molecule has 164 valence electrons. The Morgan fingerprint density at radius 3 is 2.58 bits per heavy atom. The molecular formula is C23H16ClN4O2S3+. The van der Waals surface area contributed by atoms with Gasteiger partial charge in [0.15, 0.2) is 5.11 Å². The predicted octanol–water partition coefficient (Wildman–Crippen LogP) is 4.53. The molecule has 0 bridgehead atoms. The van der Waals surface area contributed by atoms with Crippen molar-refractivity contribution in [3.8, 4) is 0 Å². The lowest BCUT2D eigenvalue weighted by Crippen LogP contribution is -2.54. The first-order valence-corrected chi connectivity index (χ1v) is 12.3. The molecule has 33 heavy (non-hydrogen) atoms. The molecule has 0 aliphatic carbocycles. The second-order valence-corrected chi connectivity index (χ2v) is 10.1. The van der Waals surface area contributed by atoms with Crippen molar-refractivity contribution in [1.29, 1.82) is 0 Å². The molecular weight excluding hydrogens is 496 g/mol. The maximum atomic E-state index is 13.4. The van der Waals surface area contributed by atoms with Gasteiger partial charge >= 0.3 is 0 Å². The van der Waals surface area contributed by atoms with Crippen LogP contribution in [-0.2, 0) is 9.59 Å². The maximum Gasteiger partial charge on any atom is 0.270 e. The molecule has 1 N–H and O–H groups in total. The molecule has 3 heterocycles. The molecule has 0 saturated carbocycles. The van der Waals surface area contributed by atoms with Gasteiger partial charge in [-0.2, -0.15) is 0 Å². The minimum Gasteiger partial charge on any atom is -0.298 e. The number of anilines is 1. The second-order valence-electron chi connectivity index (χ2n) is 7.27. The number of aryl methyl sites for hydroxylation is 1. The van der Waals surface area contributed by atoms with Crippen molar-refractivity contribution in [3.05, 3.63) is 88.2 Å². The van der Waals surface area contributed by atoms with Crippen molar-refractivity contribution >= 4 is 75.8 Å². The maximum absolute atomic E-state index is 13.4. The van der Waals surface area contributed by atoms with Crippen LogP contribution < -0.4 is 14.7 Å². The zero-order chi connectivity index (χ0) is 23.1. The van der Waals surface area contributed by atoms with Crippen LogP contribution in [0.2, 0.25) is 5.02 Å². The lowest BCUT2D eigenvalue weighted by molar-refractivity contribution is -0.610. The van der Waals surface area contributed by atoms with Crippen molar-refractivity contribution in [2.24, 2.45) is 0 Å². The van der Waals surface area contributed by atoms with Crippen LogP contribution in [0.25, 0.3) is 6.08 Å². The van der Waals surface area contributed by atoms with Crippen molar-refractivity contribution in [2.45, 2.75) is 16.7 Å². The number of aromatic nitrogens is 2. The van der Waals surface area contributed by atoms with Crippen LogP contribution in [0, 0.1) is 6.92 Å². The number of nitrogens with zero attached hydrogens (tertiary/aromatic N) is 3. The summed E-state index contributed by atoms with van der Waals surface area (Å²) >= 11 is 14.3. The topological polar surface area (TPSA) is 57.9 Å². The highest BCUT2D eigenvalue weighted by Crippen LogP contribution is 2.32. The molecule has 2 aromatic carbocycles. The van der Waals surface area contributed by atoms with E-state index in [1.807, 2.05) is 45.3 Å². The summed E-state index contributed by atoms with van der Waals surface area (Å²) in [5.41, 5.74) is 2.43. The van der Waals surface area contributed by atoms with E-state index >= 15 is 0 Å². The molecule has 2 amide bonds. The fourth-order valence-corrected chi connectivity index (χ4v) is 5.50. The summed E-state index contributed by atoms with van der Waals surface area (Å²) < 4.78 is 3.84. The van der Waals surface area contributed by atoms with Crippen molar-refractivity contribution in [3.63, 3.8) is 0 Å². The average Bonchev–Trinajstić information content (AvgIpc) is 3.36. The van der Waals surface area contributed by atoms with Gasteiger partial charge in [-0.1, -0.05) is 49.5 Å². The number of benzene rings is 2. The van der Waals surface area contributed by atoms with Gasteiger partial charge in [0.25, 0.3) is 17.5 Å². The summed E-state index contributed by atoms with van der Waals surface area (Å²) in [5, 5.41) is 5.13. The molecule has 1 saturated heterocycles. The number of carbonyl (C=O) groups excluding carboxylic acids is 2. The zero-order valence-corrected chi connectivity index (χ0v) is 20.4. The standard InChI is InChI=1S/C23H15ClN4O2S3/c1-14-2-8-17(9-3-14)33-20-13-27-26(10-11-32-27)19(20)12-18-21(29)25-23(31)28(22(18)30)16-6-4-15(24)5-7-16/h2-13H,1H3/p+1. The van der Waals surface area contributed by atoms with Crippen LogP contribution in [-0.4, -0.2) is 20.8 Å². The van der Waals surface area contributed by atoms with Crippen LogP contribution in [0.15, 0.2) is 81.7 Å². The highest BCUT2D eigenvalue weighted by molar-refractivity contribution is 7.99.